The zero-order valence-corrected chi connectivity index (χ0v) is 22.2. The zero-order valence-electron chi connectivity index (χ0n) is 21.4. The predicted octanol–water partition coefficient (Wildman–Crippen LogP) is 3.32. The number of Topliss-reactive ketones (excluding diaryl/α,β-unsaturated/α-hetero) is 1. The van der Waals surface area contributed by atoms with E-state index in [4.69, 9.17) is 18.9 Å². The van der Waals surface area contributed by atoms with E-state index in [0.29, 0.717) is 34.7 Å². The first-order chi connectivity index (χ1) is 17.2. The van der Waals surface area contributed by atoms with Crippen LogP contribution in [0.3, 0.4) is 0 Å². The van der Waals surface area contributed by atoms with Crippen molar-refractivity contribution in [3.63, 3.8) is 0 Å². The minimum absolute atomic E-state index is 0.121. The van der Waals surface area contributed by atoms with Crippen LogP contribution in [0.15, 0.2) is 34.7 Å². The Labute approximate surface area is 215 Å². The lowest BCUT2D eigenvalue weighted by Gasteiger charge is -2.38. The van der Waals surface area contributed by atoms with Crippen molar-refractivity contribution in [1.29, 1.82) is 0 Å². The number of rotatable bonds is 9. The maximum absolute atomic E-state index is 13.8. The molecule has 0 unspecified atom stereocenters. The molecule has 196 valence electrons. The number of ketones is 1. The van der Waals surface area contributed by atoms with Gasteiger partial charge in [-0.05, 0) is 42.7 Å². The van der Waals surface area contributed by atoms with Gasteiger partial charge in [-0.15, -0.1) is 0 Å². The Morgan fingerprint density at radius 1 is 1.17 bits per heavy atom. The Balaban J connectivity index is 2.19. The molecule has 0 radical (unpaired) electrons. The quantitative estimate of drug-likeness (QED) is 0.286. The van der Waals surface area contributed by atoms with Crippen LogP contribution in [0.25, 0.3) is 0 Å². The standard InChI is InChI=1S/C26H33NO8S/c1-7-36-9-8-35-26(31)20-14(3)27-16-10-13(2)19(25(30)34-6)24(29)22(16)21(20)15-11-17(32-4)23(28)18(12-15)33-5/h11-13,19,21,27-28H,7-10H2,1-6H3/t13-,19+,21+/m0/s1. The third-order valence-corrected chi connectivity index (χ3v) is 7.33. The second kappa shape index (κ2) is 11.7. The number of hydrogen-bond donors (Lipinski definition) is 2. The molecular formula is C26H33NO8S. The molecule has 9 nitrogen and oxygen atoms in total. The van der Waals surface area contributed by atoms with Gasteiger partial charge in [0, 0.05) is 28.6 Å². The van der Waals surface area contributed by atoms with Crippen molar-refractivity contribution < 1.29 is 38.4 Å². The Kier molecular flexibility index (Phi) is 8.94. The first-order valence-electron chi connectivity index (χ1n) is 11.7. The van der Waals surface area contributed by atoms with E-state index in [1.807, 2.05) is 13.8 Å². The molecule has 1 aliphatic heterocycles. The highest BCUT2D eigenvalue weighted by atomic mass is 32.2. The Bertz CT molecular complexity index is 1080. The second-order valence-corrected chi connectivity index (χ2v) is 10.0. The van der Waals surface area contributed by atoms with E-state index in [1.165, 1.54) is 21.3 Å². The van der Waals surface area contributed by atoms with Gasteiger partial charge in [0.1, 0.15) is 12.5 Å². The van der Waals surface area contributed by atoms with Crippen molar-refractivity contribution in [1.82, 2.24) is 5.32 Å². The second-order valence-electron chi connectivity index (χ2n) is 8.64. The monoisotopic (exact) mass is 519 g/mol. The number of nitrogens with one attached hydrogen (secondary N) is 1. The summed E-state index contributed by atoms with van der Waals surface area (Å²) in [5.41, 5.74) is 2.21. The average molecular weight is 520 g/mol. The number of dihydropyridines is 1. The van der Waals surface area contributed by atoms with Crippen molar-refractivity contribution in [2.24, 2.45) is 11.8 Å². The molecule has 0 aromatic heterocycles. The summed E-state index contributed by atoms with van der Waals surface area (Å²) in [4.78, 5) is 39.8. The molecule has 3 atom stereocenters. The summed E-state index contributed by atoms with van der Waals surface area (Å²) in [5.74, 6) is -2.20. The fourth-order valence-corrected chi connectivity index (χ4v) is 5.27. The third-order valence-electron chi connectivity index (χ3n) is 6.46. The smallest absolute Gasteiger partial charge is 0.336 e. The molecule has 0 amide bonds. The number of benzene rings is 1. The van der Waals surface area contributed by atoms with Crippen LogP contribution in [0.1, 0.15) is 38.7 Å². The molecule has 0 fully saturated rings. The van der Waals surface area contributed by atoms with Crippen molar-refractivity contribution in [2.75, 3.05) is 39.4 Å². The lowest BCUT2D eigenvalue weighted by Crippen LogP contribution is -2.43. The third kappa shape index (κ3) is 5.18. The van der Waals surface area contributed by atoms with Gasteiger partial charge in [-0.1, -0.05) is 13.8 Å². The molecule has 2 aliphatic rings. The van der Waals surface area contributed by atoms with Crippen LogP contribution >= 0.6 is 11.8 Å². The van der Waals surface area contributed by atoms with Gasteiger partial charge in [0.15, 0.2) is 17.3 Å². The van der Waals surface area contributed by atoms with Crippen molar-refractivity contribution in [3.05, 3.63) is 40.2 Å². The topological polar surface area (TPSA) is 120 Å². The number of carbonyl (C=O) groups is 3. The summed E-state index contributed by atoms with van der Waals surface area (Å²) in [6, 6.07) is 3.12. The van der Waals surface area contributed by atoms with E-state index in [0.717, 1.165) is 5.75 Å². The highest BCUT2D eigenvalue weighted by molar-refractivity contribution is 7.99. The van der Waals surface area contributed by atoms with Gasteiger partial charge in [-0.3, -0.25) is 9.59 Å². The minimum Gasteiger partial charge on any atom is -0.502 e. The fourth-order valence-electron chi connectivity index (χ4n) is 4.78. The summed E-state index contributed by atoms with van der Waals surface area (Å²) < 4.78 is 21.2. The molecule has 0 saturated heterocycles. The summed E-state index contributed by atoms with van der Waals surface area (Å²) in [6.45, 7) is 5.81. The number of phenols is 1. The highest BCUT2D eigenvalue weighted by Crippen LogP contribution is 2.48. The van der Waals surface area contributed by atoms with Gasteiger partial charge in [0.2, 0.25) is 5.75 Å². The number of allylic oxidation sites excluding steroid dienone is 3. The molecule has 2 N–H and O–H groups in total. The number of phenolic OH excluding ortho intramolecular Hbond substituents is 1. The number of thioether (sulfide) groups is 1. The molecule has 0 bridgehead atoms. The molecule has 10 heteroatoms. The predicted molar refractivity (Wildman–Crippen MR) is 135 cm³/mol. The molecule has 0 spiro atoms. The first-order valence-corrected chi connectivity index (χ1v) is 12.9. The number of aromatic hydroxyl groups is 1. The van der Waals surface area contributed by atoms with Gasteiger partial charge < -0.3 is 29.4 Å². The van der Waals surface area contributed by atoms with Gasteiger partial charge in [0.05, 0.1) is 26.9 Å². The maximum Gasteiger partial charge on any atom is 0.336 e. The van der Waals surface area contributed by atoms with Gasteiger partial charge in [-0.2, -0.15) is 11.8 Å². The van der Waals surface area contributed by atoms with Gasteiger partial charge >= 0.3 is 11.9 Å². The summed E-state index contributed by atoms with van der Waals surface area (Å²) in [5, 5.41) is 13.7. The Morgan fingerprint density at radius 2 is 1.81 bits per heavy atom. The fraction of sp³-hybridized carbons (Fsp3) is 0.500. The average Bonchev–Trinajstić information content (AvgIpc) is 2.85. The lowest BCUT2D eigenvalue weighted by atomic mass is 9.69. The highest BCUT2D eigenvalue weighted by Gasteiger charge is 2.47. The first kappa shape index (κ1) is 27.4. The van der Waals surface area contributed by atoms with E-state index in [-0.39, 0.29) is 35.3 Å². The summed E-state index contributed by atoms with van der Waals surface area (Å²) >= 11 is 1.65. The van der Waals surface area contributed by atoms with Gasteiger partial charge in [0.25, 0.3) is 0 Å². The zero-order chi connectivity index (χ0) is 26.6. The van der Waals surface area contributed by atoms with E-state index < -0.39 is 29.6 Å². The van der Waals surface area contributed by atoms with E-state index in [1.54, 1.807) is 30.8 Å². The van der Waals surface area contributed by atoms with Crippen LogP contribution in [0.5, 0.6) is 17.2 Å². The van der Waals surface area contributed by atoms with E-state index in [9.17, 15) is 19.5 Å². The van der Waals surface area contributed by atoms with Crippen molar-refractivity contribution >= 4 is 29.5 Å². The number of methoxy groups -OCH3 is 3. The molecule has 1 aliphatic carbocycles. The molecule has 36 heavy (non-hydrogen) atoms. The molecule has 3 rings (SSSR count). The van der Waals surface area contributed by atoms with Crippen LogP contribution in [-0.2, 0) is 23.9 Å². The van der Waals surface area contributed by atoms with Crippen LogP contribution in [0.4, 0.5) is 0 Å². The maximum atomic E-state index is 13.8. The molecule has 1 aromatic rings. The number of esters is 2. The van der Waals surface area contributed by atoms with Crippen LogP contribution in [0, 0.1) is 11.8 Å². The van der Waals surface area contributed by atoms with Crippen molar-refractivity contribution in [3.8, 4) is 17.2 Å². The summed E-state index contributed by atoms with van der Waals surface area (Å²) in [7, 11) is 4.04. The molecular weight excluding hydrogens is 486 g/mol. The van der Waals surface area contributed by atoms with Crippen LogP contribution in [0.2, 0.25) is 0 Å². The van der Waals surface area contributed by atoms with Crippen LogP contribution < -0.4 is 14.8 Å². The number of carbonyl (C=O) groups excluding carboxylic acids is 3. The van der Waals surface area contributed by atoms with Crippen LogP contribution in [-0.4, -0.2) is 62.3 Å². The minimum atomic E-state index is -1.00. The SMILES string of the molecule is CCSCCOC(=O)C1=C(C)NC2=C(C(=O)[C@H](C(=O)OC)[C@@H](C)C2)[C@@H]1c1cc(OC)c(O)c(OC)c1. The van der Waals surface area contributed by atoms with Crippen molar-refractivity contribution in [2.45, 2.75) is 33.1 Å². The summed E-state index contributed by atoms with van der Waals surface area (Å²) in [6.07, 6.45) is 0.413. The normalized spacial score (nSPS) is 21.5. The molecule has 1 aromatic carbocycles. The number of hydrogen-bond acceptors (Lipinski definition) is 10. The van der Waals surface area contributed by atoms with Gasteiger partial charge in [-0.25, -0.2) is 4.79 Å². The lowest BCUT2D eigenvalue weighted by molar-refractivity contribution is -0.151. The number of ether oxygens (including phenoxy) is 4. The molecule has 0 saturated carbocycles. The van der Waals surface area contributed by atoms with E-state index in [2.05, 4.69) is 5.32 Å². The van der Waals surface area contributed by atoms with E-state index >= 15 is 0 Å². The largest absolute Gasteiger partial charge is 0.502 e. The Morgan fingerprint density at radius 3 is 2.36 bits per heavy atom. The molecule has 1 heterocycles. The Hall–Kier alpha value is -3.14.